The van der Waals surface area contributed by atoms with E-state index in [9.17, 15) is 0 Å². The maximum atomic E-state index is 7.28. The molecule has 0 amide bonds. The molecule has 1 atom stereocenters. The summed E-state index contributed by atoms with van der Waals surface area (Å²) in [6, 6.07) is 14.5. The molecule has 1 aromatic heterocycles. The van der Waals surface area contributed by atoms with Gasteiger partial charge < -0.3 is 10.4 Å². The summed E-state index contributed by atoms with van der Waals surface area (Å²) in [6.45, 7) is 3.90. The third kappa shape index (κ3) is 3.09. The average molecular weight is 319 g/mol. The van der Waals surface area contributed by atoms with Gasteiger partial charge in [0, 0.05) is 44.3 Å². The molecule has 24 heavy (non-hydrogen) atoms. The highest BCUT2D eigenvalue weighted by Gasteiger charge is 2.29. The van der Waals surface area contributed by atoms with E-state index in [2.05, 4.69) is 44.6 Å². The summed E-state index contributed by atoms with van der Waals surface area (Å²) in [5.41, 5.74) is 8.17. The lowest BCUT2D eigenvalue weighted by Gasteiger charge is -2.35. The predicted molar refractivity (Wildman–Crippen MR) is 94.5 cm³/mol. The second-order valence-corrected chi connectivity index (χ2v) is 6.27. The number of rotatable bonds is 4. The van der Waals surface area contributed by atoms with Crippen LogP contribution in [0.3, 0.4) is 0 Å². The first-order valence-corrected chi connectivity index (χ1v) is 8.29. The number of hydrogen-bond acceptors (Lipinski definition) is 5. The highest BCUT2D eigenvalue weighted by atomic mass is 15.6. The monoisotopic (exact) mass is 319 g/mol. The fourth-order valence-electron chi connectivity index (χ4n) is 3.29. The van der Waals surface area contributed by atoms with Gasteiger partial charge in [-0.2, -0.15) is 0 Å². The third-order valence-electron chi connectivity index (χ3n) is 4.59. The number of nitrogens with zero attached hydrogens (tertiary/aromatic N) is 3. The molecule has 4 rings (SSSR count). The summed E-state index contributed by atoms with van der Waals surface area (Å²) in [4.78, 5) is 6.92. The van der Waals surface area contributed by atoms with Gasteiger partial charge in [-0.1, -0.05) is 30.3 Å². The van der Waals surface area contributed by atoms with Crippen molar-refractivity contribution in [3.05, 3.63) is 77.3 Å². The Labute approximate surface area is 142 Å². The zero-order valence-corrected chi connectivity index (χ0v) is 13.5. The molecule has 1 saturated heterocycles. The van der Waals surface area contributed by atoms with Crippen LogP contribution in [-0.2, 0) is 6.54 Å². The Morgan fingerprint density at radius 3 is 2.79 bits per heavy atom. The Hall–Kier alpha value is -2.50. The predicted octanol–water partition coefficient (Wildman–Crippen LogP) is 2.34. The summed E-state index contributed by atoms with van der Waals surface area (Å²) in [7, 11) is 0. The highest BCUT2D eigenvalue weighted by Crippen LogP contribution is 2.26. The molecule has 5 heteroatoms. The molecule has 1 unspecified atom stereocenters. The molecule has 5 nitrogen and oxygen atoms in total. The molecular formula is C19H21N5. The molecule has 0 aliphatic carbocycles. The van der Waals surface area contributed by atoms with E-state index < -0.39 is 0 Å². The number of hydrogen-bond donors (Lipinski definition) is 2. The van der Waals surface area contributed by atoms with E-state index in [0.29, 0.717) is 0 Å². The standard InChI is InChI=1S/C19H21N5/c20-12-15-4-6-16(7-5-15)13-23-9-10-24-17(14-23)11-19(22-24)18-3-1-2-8-21-18/h1-8,11-12,19-20,22H,9-10,13-14H2. The highest BCUT2D eigenvalue weighted by molar-refractivity contribution is 5.76. The molecule has 1 aromatic carbocycles. The maximum absolute atomic E-state index is 7.28. The molecule has 122 valence electrons. The molecule has 0 saturated carbocycles. The topological polar surface area (TPSA) is 55.3 Å². The number of fused-ring (bicyclic) bond motifs is 1. The molecule has 2 N–H and O–H groups in total. The van der Waals surface area contributed by atoms with Gasteiger partial charge in [0.05, 0.1) is 11.7 Å². The van der Waals surface area contributed by atoms with Crippen molar-refractivity contribution < 1.29 is 0 Å². The Balaban J connectivity index is 1.43. The van der Waals surface area contributed by atoms with Gasteiger partial charge in [-0.3, -0.25) is 9.88 Å². The van der Waals surface area contributed by atoms with Crippen LogP contribution < -0.4 is 5.43 Å². The van der Waals surface area contributed by atoms with Gasteiger partial charge in [0.25, 0.3) is 0 Å². The van der Waals surface area contributed by atoms with Crippen molar-refractivity contribution in [3.8, 4) is 0 Å². The van der Waals surface area contributed by atoms with Crippen LogP contribution in [0.25, 0.3) is 0 Å². The van der Waals surface area contributed by atoms with Crippen LogP contribution in [0.1, 0.15) is 22.9 Å². The summed E-state index contributed by atoms with van der Waals surface area (Å²) >= 11 is 0. The summed E-state index contributed by atoms with van der Waals surface area (Å²) in [5.74, 6) is 0. The van der Waals surface area contributed by atoms with Gasteiger partial charge in [-0.15, -0.1) is 0 Å². The second kappa shape index (κ2) is 6.55. The van der Waals surface area contributed by atoms with Gasteiger partial charge in [-0.05, 0) is 29.3 Å². The molecule has 1 fully saturated rings. The number of aromatic nitrogens is 1. The van der Waals surface area contributed by atoms with Gasteiger partial charge in [0.1, 0.15) is 0 Å². The van der Waals surface area contributed by atoms with E-state index in [1.807, 2.05) is 30.5 Å². The second-order valence-electron chi connectivity index (χ2n) is 6.27. The maximum Gasteiger partial charge on any atom is 0.0884 e. The average Bonchev–Trinajstić information content (AvgIpc) is 3.06. The zero-order chi connectivity index (χ0) is 16.4. The Kier molecular flexibility index (Phi) is 4.11. The summed E-state index contributed by atoms with van der Waals surface area (Å²) < 4.78 is 0. The van der Waals surface area contributed by atoms with E-state index in [0.717, 1.165) is 37.4 Å². The lowest BCUT2D eigenvalue weighted by Crippen LogP contribution is -2.47. The number of benzene rings is 1. The van der Waals surface area contributed by atoms with Crippen LogP contribution in [0.4, 0.5) is 0 Å². The first-order valence-electron chi connectivity index (χ1n) is 8.29. The number of nitrogens with one attached hydrogen (secondary N) is 2. The Morgan fingerprint density at radius 2 is 2.04 bits per heavy atom. The van der Waals surface area contributed by atoms with Crippen molar-refractivity contribution in [1.29, 1.82) is 5.41 Å². The zero-order valence-electron chi connectivity index (χ0n) is 13.5. The van der Waals surface area contributed by atoms with Crippen molar-refractivity contribution in [2.75, 3.05) is 19.6 Å². The molecule has 0 radical (unpaired) electrons. The molecule has 2 aromatic rings. The lowest BCUT2D eigenvalue weighted by atomic mass is 10.1. The van der Waals surface area contributed by atoms with Crippen molar-refractivity contribution in [2.45, 2.75) is 12.6 Å². The molecule has 2 aliphatic rings. The third-order valence-corrected chi connectivity index (χ3v) is 4.59. The number of hydrazine groups is 1. The van der Waals surface area contributed by atoms with Crippen LogP contribution in [0.5, 0.6) is 0 Å². The van der Waals surface area contributed by atoms with Crippen LogP contribution in [0.2, 0.25) is 0 Å². The molecular weight excluding hydrogens is 298 g/mol. The Bertz CT molecular complexity index is 738. The molecule has 2 aliphatic heterocycles. The number of pyridine rings is 1. The van der Waals surface area contributed by atoms with E-state index in [1.54, 1.807) is 0 Å². The smallest absolute Gasteiger partial charge is 0.0884 e. The van der Waals surface area contributed by atoms with Crippen molar-refractivity contribution >= 4 is 6.21 Å². The van der Waals surface area contributed by atoms with E-state index in [-0.39, 0.29) is 6.04 Å². The van der Waals surface area contributed by atoms with Gasteiger partial charge in [-0.25, -0.2) is 5.43 Å². The first-order chi connectivity index (χ1) is 11.8. The summed E-state index contributed by atoms with van der Waals surface area (Å²) in [6.07, 6.45) is 5.51. The molecule has 0 bridgehead atoms. The van der Waals surface area contributed by atoms with Crippen molar-refractivity contribution in [1.82, 2.24) is 20.3 Å². The minimum absolute atomic E-state index is 0.174. The van der Waals surface area contributed by atoms with E-state index in [4.69, 9.17) is 5.41 Å². The van der Waals surface area contributed by atoms with Crippen molar-refractivity contribution in [3.63, 3.8) is 0 Å². The Morgan fingerprint density at radius 1 is 1.17 bits per heavy atom. The minimum Gasteiger partial charge on any atom is -0.309 e. The van der Waals surface area contributed by atoms with E-state index >= 15 is 0 Å². The van der Waals surface area contributed by atoms with Crippen molar-refractivity contribution in [2.24, 2.45) is 0 Å². The molecule has 0 spiro atoms. The summed E-state index contributed by atoms with van der Waals surface area (Å²) in [5, 5.41) is 9.53. The fourth-order valence-corrected chi connectivity index (χ4v) is 3.29. The van der Waals surface area contributed by atoms with Gasteiger partial charge in [0.15, 0.2) is 0 Å². The van der Waals surface area contributed by atoms with E-state index in [1.165, 1.54) is 17.5 Å². The first kappa shape index (κ1) is 15.1. The SMILES string of the molecule is N=Cc1ccc(CN2CCN3NC(c4ccccn4)C=C3C2)cc1. The van der Waals surface area contributed by atoms with Crippen LogP contribution in [-0.4, -0.2) is 40.7 Å². The fraction of sp³-hybridized carbons (Fsp3) is 0.263. The quantitative estimate of drug-likeness (QED) is 0.850. The van der Waals surface area contributed by atoms with Crippen LogP contribution >= 0.6 is 0 Å². The van der Waals surface area contributed by atoms with Gasteiger partial charge in [0.2, 0.25) is 0 Å². The minimum atomic E-state index is 0.174. The normalized spacial score (nSPS) is 20.6. The largest absolute Gasteiger partial charge is 0.309 e. The lowest BCUT2D eigenvalue weighted by molar-refractivity contribution is 0.139. The van der Waals surface area contributed by atoms with Crippen LogP contribution in [0.15, 0.2) is 60.4 Å². The van der Waals surface area contributed by atoms with Gasteiger partial charge >= 0.3 is 0 Å². The molecule has 3 heterocycles. The van der Waals surface area contributed by atoms with Crippen LogP contribution in [0, 0.1) is 5.41 Å². The number of piperazine rings is 1.